The summed E-state index contributed by atoms with van der Waals surface area (Å²) in [5.41, 5.74) is 0.580. The topological polar surface area (TPSA) is 73.5 Å². The van der Waals surface area contributed by atoms with Crippen LogP contribution in [0, 0.1) is 16.7 Å². The molecule has 1 saturated heterocycles. The molecule has 3 N–H and O–H groups in total. The smallest absolute Gasteiger partial charge is 0.317 e. The van der Waals surface area contributed by atoms with Gasteiger partial charge in [0.05, 0.1) is 6.04 Å². The maximum Gasteiger partial charge on any atom is 0.317 e. The first-order chi connectivity index (χ1) is 9.20. The van der Waals surface area contributed by atoms with Crippen LogP contribution in [-0.4, -0.2) is 49.7 Å². The van der Waals surface area contributed by atoms with Gasteiger partial charge in [-0.3, -0.25) is 0 Å². The van der Waals surface area contributed by atoms with Crippen molar-refractivity contribution in [3.05, 3.63) is 0 Å². The minimum Gasteiger partial charge on any atom is -0.341 e. The van der Waals surface area contributed by atoms with Crippen molar-refractivity contribution in [3.63, 3.8) is 0 Å². The minimum atomic E-state index is -0.198. The van der Waals surface area contributed by atoms with E-state index in [1.165, 1.54) is 0 Å². The molecule has 0 atom stereocenters. The monoisotopic (exact) mass is 282 g/mol. The van der Waals surface area contributed by atoms with Crippen LogP contribution < -0.4 is 16.0 Å². The van der Waals surface area contributed by atoms with Gasteiger partial charge in [0.2, 0.25) is 0 Å². The summed E-state index contributed by atoms with van der Waals surface area (Å²) in [6.45, 7) is 10.9. The van der Waals surface area contributed by atoms with Gasteiger partial charge in [0.25, 0.3) is 0 Å². The van der Waals surface area contributed by atoms with Crippen molar-refractivity contribution >= 4 is 12.1 Å². The Hall–Kier alpha value is -1.46. The molecule has 6 nitrogen and oxygen atoms in total. The lowest BCUT2D eigenvalue weighted by Crippen LogP contribution is -2.63. The van der Waals surface area contributed by atoms with E-state index in [1.807, 2.05) is 0 Å². The van der Waals surface area contributed by atoms with Gasteiger partial charge in [0.1, 0.15) is 0 Å². The lowest BCUT2D eigenvalue weighted by atomic mass is 10.0. The van der Waals surface area contributed by atoms with Crippen molar-refractivity contribution in [2.45, 2.75) is 33.7 Å². The van der Waals surface area contributed by atoms with Crippen molar-refractivity contribution in [2.75, 3.05) is 26.7 Å². The number of rotatable bonds is 3. The van der Waals surface area contributed by atoms with Gasteiger partial charge in [-0.25, -0.2) is 9.59 Å². The predicted molar refractivity (Wildman–Crippen MR) is 77.4 cm³/mol. The van der Waals surface area contributed by atoms with Crippen molar-refractivity contribution in [3.8, 4) is 0 Å². The van der Waals surface area contributed by atoms with Gasteiger partial charge >= 0.3 is 12.1 Å². The maximum atomic E-state index is 12.0. The normalized spacial score (nSPS) is 23.8. The van der Waals surface area contributed by atoms with Gasteiger partial charge in [-0.2, -0.15) is 0 Å². The zero-order valence-electron chi connectivity index (χ0n) is 13.0. The molecule has 1 saturated carbocycles. The number of nitrogens with one attached hydrogen (secondary N) is 3. The van der Waals surface area contributed by atoms with Crippen LogP contribution in [0.25, 0.3) is 0 Å². The lowest BCUT2D eigenvalue weighted by Gasteiger charge is -2.39. The molecule has 2 rings (SSSR count). The van der Waals surface area contributed by atoms with Gasteiger partial charge in [-0.15, -0.1) is 0 Å². The predicted octanol–water partition coefficient (Wildman–Crippen LogP) is 0.991. The zero-order valence-corrected chi connectivity index (χ0v) is 13.0. The summed E-state index contributed by atoms with van der Waals surface area (Å²) < 4.78 is 0. The van der Waals surface area contributed by atoms with Crippen LogP contribution in [0.3, 0.4) is 0 Å². The minimum absolute atomic E-state index is 0.0292. The fourth-order valence-electron chi connectivity index (χ4n) is 3.14. The van der Waals surface area contributed by atoms with E-state index in [0.717, 1.165) is 6.54 Å². The molecule has 2 aliphatic rings. The Morgan fingerprint density at radius 1 is 1.15 bits per heavy atom. The molecule has 0 aromatic carbocycles. The molecular formula is C14H26N4O2. The second-order valence-corrected chi connectivity index (χ2v) is 7.01. The zero-order chi connectivity index (χ0) is 15.1. The van der Waals surface area contributed by atoms with Crippen LogP contribution in [0.15, 0.2) is 0 Å². The van der Waals surface area contributed by atoms with E-state index < -0.39 is 0 Å². The average molecular weight is 282 g/mol. The second-order valence-electron chi connectivity index (χ2n) is 7.01. The highest BCUT2D eigenvalue weighted by Gasteiger charge is 2.64. The van der Waals surface area contributed by atoms with Crippen molar-refractivity contribution < 1.29 is 9.59 Å². The quantitative estimate of drug-likeness (QED) is 0.722. The highest BCUT2D eigenvalue weighted by molar-refractivity contribution is 5.77. The summed E-state index contributed by atoms with van der Waals surface area (Å²) in [4.78, 5) is 24.8. The number of urea groups is 2. The Bertz CT molecular complexity index is 399. The Labute approximate surface area is 120 Å². The third-order valence-corrected chi connectivity index (χ3v) is 5.51. The van der Waals surface area contributed by atoms with Gasteiger partial charge < -0.3 is 20.9 Å². The van der Waals surface area contributed by atoms with Crippen LogP contribution in [0.4, 0.5) is 9.59 Å². The first-order valence-corrected chi connectivity index (χ1v) is 7.21. The highest BCUT2D eigenvalue weighted by atomic mass is 16.2. The number of hydrogen-bond acceptors (Lipinski definition) is 2. The number of hydrogen-bond donors (Lipinski definition) is 3. The maximum absolute atomic E-state index is 12.0. The Morgan fingerprint density at radius 2 is 1.70 bits per heavy atom. The number of carbonyl (C=O) groups is 2. The van der Waals surface area contributed by atoms with E-state index in [0.29, 0.717) is 29.8 Å². The third-order valence-electron chi connectivity index (χ3n) is 5.51. The van der Waals surface area contributed by atoms with E-state index in [1.54, 1.807) is 11.9 Å². The van der Waals surface area contributed by atoms with Crippen LogP contribution in [0.1, 0.15) is 27.7 Å². The Balaban J connectivity index is 1.67. The van der Waals surface area contributed by atoms with E-state index in [9.17, 15) is 9.59 Å². The van der Waals surface area contributed by atoms with Crippen LogP contribution in [0.2, 0.25) is 0 Å². The summed E-state index contributed by atoms with van der Waals surface area (Å²) in [7, 11) is 1.58. The molecule has 0 bridgehead atoms. The van der Waals surface area contributed by atoms with Gasteiger partial charge in [0, 0.05) is 26.7 Å². The molecule has 0 spiro atoms. The van der Waals surface area contributed by atoms with E-state index in [-0.39, 0.29) is 18.1 Å². The fourth-order valence-corrected chi connectivity index (χ4v) is 3.14. The molecule has 1 aliphatic carbocycles. The van der Waals surface area contributed by atoms with Crippen LogP contribution in [-0.2, 0) is 0 Å². The molecule has 2 fully saturated rings. The molecule has 20 heavy (non-hydrogen) atoms. The molecule has 6 heteroatoms. The van der Waals surface area contributed by atoms with Gasteiger partial charge in [-0.05, 0) is 16.7 Å². The molecular weight excluding hydrogens is 256 g/mol. The fraction of sp³-hybridized carbons (Fsp3) is 0.857. The molecule has 4 amide bonds. The van der Waals surface area contributed by atoms with E-state index >= 15 is 0 Å². The molecule has 1 heterocycles. The molecule has 0 aromatic rings. The number of amides is 4. The van der Waals surface area contributed by atoms with Gasteiger partial charge in [0.15, 0.2) is 0 Å². The van der Waals surface area contributed by atoms with Crippen molar-refractivity contribution in [1.82, 2.24) is 20.9 Å². The second kappa shape index (κ2) is 4.82. The summed E-state index contributed by atoms with van der Waals surface area (Å²) in [5.74, 6) is 0.528. The SMILES string of the molecule is CNC(=O)NC1CN(C(=O)NCC2C(C)(C)C2(C)C)C1. The largest absolute Gasteiger partial charge is 0.341 e. The number of likely N-dealkylation sites (tertiary alicyclic amines) is 1. The van der Waals surface area contributed by atoms with Crippen LogP contribution in [0.5, 0.6) is 0 Å². The summed E-state index contributed by atoms with van der Waals surface area (Å²) in [6.07, 6.45) is 0. The van der Waals surface area contributed by atoms with Crippen molar-refractivity contribution in [1.29, 1.82) is 0 Å². The molecule has 0 radical (unpaired) electrons. The molecule has 1 aliphatic heterocycles. The van der Waals surface area contributed by atoms with Crippen LogP contribution >= 0.6 is 0 Å². The van der Waals surface area contributed by atoms with E-state index in [4.69, 9.17) is 0 Å². The Kier molecular flexibility index (Phi) is 3.60. The first-order valence-electron chi connectivity index (χ1n) is 7.21. The van der Waals surface area contributed by atoms with Gasteiger partial charge in [-0.1, -0.05) is 27.7 Å². The standard InChI is InChI=1S/C14H26N4O2/c1-13(2)10(14(13,3)4)6-16-12(20)18-7-9(8-18)17-11(19)15-5/h9-10H,6-8H2,1-5H3,(H,16,20)(H2,15,17,19). The lowest BCUT2D eigenvalue weighted by molar-refractivity contribution is 0.138. The number of carbonyl (C=O) groups excluding carboxylic acids is 2. The molecule has 114 valence electrons. The molecule has 0 unspecified atom stereocenters. The average Bonchev–Trinajstić information content (AvgIpc) is 2.70. The number of nitrogens with zero attached hydrogens (tertiary/aromatic N) is 1. The summed E-state index contributed by atoms with van der Waals surface area (Å²) in [5, 5.41) is 8.29. The van der Waals surface area contributed by atoms with E-state index in [2.05, 4.69) is 43.6 Å². The van der Waals surface area contributed by atoms with Crippen molar-refractivity contribution in [2.24, 2.45) is 16.7 Å². The summed E-state index contributed by atoms with van der Waals surface area (Å²) >= 11 is 0. The summed E-state index contributed by atoms with van der Waals surface area (Å²) in [6, 6.07) is -0.162. The Morgan fingerprint density at radius 3 is 2.15 bits per heavy atom. The third kappa shape index (κ3) is 2.43. The highest BCUT2D eigenvalue weighted by Crippen LogP contribution is 2.67. The first kappa shape index (κ1) is 14.9. The molecule has 0 aromatic heterocycles.